The first-order valence-corrected chi connectivity index (χ1v) is 16.0. The summed E-state index contributed by atoms with van der Waals surface area (Å²) < 4.78 is 35.8. The lowest BCUT2D eigenvalue weighted by Gasteiger charge is -2.40. The molecular weight excluding hydrogens is 592 g/mol. The monoisotopic (exact) mass is 623 g/mol. The summed E-state index contributed by atoms with van der Waals surface area (Å²) in [5.74, 6) is 0.364. The highest BCUT2D eigenvalue weighted by atomic mass is 35.5. The minimum absolute atomic E-state index is 0.196. The molecule has 224 valence electrons. The number of ether oxygens (including phenoxy) is 1. The molecule has 8 rings (SSSR count). The van der Waals surface area contributed by atoms with Gasteiger partial charge in [-0.3, -0.25) is 4.90 Å². The van der Waals surface area contributed by atoms with Crippen LogP contribution in [0, 0.1) is 5.82 Å². The standard InChI is InChI=1S/C31H32ClF2N7OS/c1-2-30-8-6-18(39-30)14-40(15-30)27-21-10-22(32)20(19-4-5-23(34)26-25(19)37-28(35)43-26)11-24(21)36-29(38-27)42-16-31-7-3-9-41(31)13-17(33)12-31/h2,4-5,10-11,17-18,39H,1,3,6-9,12-16H2,(H2,35,37). The van der Waals surface area contributed by atoms with Crippen LogP contribution < -0.4 is 20.7 Å². The van der Waals surface area contributed by atoms with Gasteiger partial charge in [-0.25, -0.2) is 13.8 Å². The minimum atomic E-state index is -0.847. The number of nitrogens with zero attached hydrogens (tertiary/aromatic N) is 5. The molecule has 0 amide bonds. The number of thiazole rings is 1. The van der Waals surface area contributed by atoms with Gasteiger partial charge >= 0.3 is 6.01 Å². The Kier molecular flexibility index (Phi) is 6.35. The van der Waals surface area contributed by atoms with Gasteiger partial charge in [0.1, 0.15) is 24.4 Å². The van der Waals surface area contributed by atoms with Crippen LogP contribution in [0.25, 0.3) is 32.2 Å². The number of aromatic nitrogens is 3. The van der Waals surface area contributed by atoms with Crippen LogP contribution in [0.3, 0.4) is 0 Å². The zero-order valence-corrected chi connectivity index (χ0v) is 25.2. The molecule has 6 heterocycles. The molecule has 0 saturated carbocycles. The Balaban J connectivity index is 1.25. The number of halogens is 3. The second-order valence-corrected chi connectivity index (χ2v) is 13.9. The molecule has 0 radical (unpaired) electrons. The van der Waals surface area contributed by atoms with E-state index in [0.717, 1.165) is 61.3 Å². The average molecular weight is 624 g/mol. The van der Waals surface area contributed by atoms with Crippen molar-refractivity contribution in [2.75, 3.05) is 43.4 Å². The largest absolute Gasteiger partial charge is 0.461 e. The molecule has 12 heteroatoms. The van der Waals surface area contributed by atoms with E-state index >= 15 is 0 Å². The first-order chi connectivity index (χ1) is 20.7. The van der Waals surface area contributed by atoms with Crippen LogP contribution in [0.4, 0.5) is 19.7 Å². The third kappa shape index (κ3) is 4.46. The number of hydrogen-bond donors (Lipinski definition) is 2. The van der Waals surface area contributed by atoms with Crippen LogP contribution in [0.15, 0.2) is 36.9 Å². The molecule has 4 fully saturated rings. The molecule has 8 nitrogen and oxygen atoms in total. The van der Waals surface area contributed by atoms with Crippen LogP contribution in [0.2, 0.25) is 5.02 Å². The van der Waals surface area contributed by atoms with Gasteiger partial charge in [0.15, 0.2) is 5.13 Å². The highest BCUT2D eigenvalue weighted by Crippen LogP contribution is 2.43. The van der Waals surface area contributed by atoms with E-state index in [1.165, 1.54) is 6.07 Å². The molecule has 3 N–H and O–H groups in total. The molecular formula is C31H32ClF2N7OS. The molecule has 4 aliphatic heterocycles. The van der Waals surface area contributed by atoms with Crippen molar-refractivity contribution < 1.29 is 13.5 Å². The third-order valence-corrected chi connectivity index (χ3v) is 11.0. The number of nitrogen functional groups attached to an aromatic ring is 1. The van der Waals surface area contributed by atoms with Crippen molar-refractivity contribution in [3.05, 3.63) is 47.8 Å². The summed E-state index contributed by atoms with van der Waals surface area (Å²) in [7, 11) is 0. The Hall–Kier alpha value is -3.12. The molecule has 4 atom stereocenters. The van der Waals surface area contributed by atoms with Gasteiger partial charge < -0.3 is 20.7 Å². The summed E-state index contributed by atoms with van der Waals surface area (Å²) in [4.78, 5) is 18.7. The van der Waals surface area contributed by atoms with E-state index in [-0.39, 0.29) is 28.0 Å². The lowest BCUT2D eigenvalue weighted by atomic mass is 9.95. The molecule has 4 aromatic rings. The summed E-state index contributed by atoms with van der Waals surface area (Å²) >= 11 is 8.06. The fourth-order valence-electron chi connectivity index (χ4n) is 7.78. The van der Waals surface area contributed by atoms with Gasteiger partial charge in [-0.1, -0.05) is 29.0 Å². The highest BCUT2D eigenvalue weighted by Gasteiger charge is 2.49. The number of anilines is 2. The highest BCUT2D eigenvalue weighted by molar-refractivity contribution is 7.22. The molecule has 2 aromatic carbocycles. The number of piperazine rings is 1. The summed E-state index contributed by atoms with van der Waals surface area (Å²) in [6.45, 7) is 7.27. The van der Waals surface area contributed by atoms with Gasteiger partial charge in [0.05, 0.1) is 26.8 Å². The second-order valence-electron chi connectivity index (χ2n) is 12.5. The number of nitrogens with one attached hydrogen (secondary N) is 1. The van der Waals surface area contributed by atoms with E-state index in [1.54, 1.807) is 6.07 Å². The summed E-state index contributed by atoms with van der Waals surface area (Å²) in [5, 5.41) is 5.28. The molecule has 0 spiro atoms. The molecule has 4 aliphatic rings. The zero-order chi connectivity index (χ0) is 29.5. The van der Waals surface area contributed by atoms with Crippen LogP contribution in [-0.4, -0.2) is 75.9 Å². The van der Waals surface area contributed by atoms with E-state index in [2.05, 4.69) is 26.7 Å². The molecule has 2 aromatic heterocycles. The van der Waals surface area contributed by atoms with E-state index in [4.69, 9.17) is 32.0 Å². The Morgan fingerprint density at radius 2 is 2.09 bits per heavy atom. The number of alkyl halides is 1. The van der Waals surface area contributed by atoms with Crippen LogP contribution in [-0.2, 0) is 0 Å². The summed E-state index contributed by atoms with van der Waals surface area (Å²) in [5.41, 5.74) is 7.89. The van der Waals surface area contributed by atoms with E-state index in [9.17, 15) is 8.78 Å². The molecule has 4 saturated heterocycles. The first kappa shape index (κ1) is 27.4. The maximum absolute atomic E-state index is 14.6. The summed E-state index contributed by atoms with van der Waals surface area (Å²) in [6, 6.07) is 7.41. The summed E-state index contributed by atoms with van der Waals surface area (Å²) in [6.07, 6.45) is 5.61. The number of rotatable bonds is 6. The SMILES string of the molecule is C=CC12CCC(CN(c3nc(OCC45CCCN4CC(F)C5)nc4cc(-c5ccc(F)c6sc(N)nc56)c(Cl)cc34)C1)N2. The van der Waals surface area contributed by atoms with Crippen molar-refractivity contribution in [2.45, 2.75) is 55.4 Å². The first-order valence-electron chi connectivity index (χ1n) is 14.8. The number of benzene rings is 2. The van der Waals surface area contributed by atoms with Crippen LogP contribution in [0.5, 0.6) is 6.01 Å². The van der Waals surface area contributed by atoms with Crippen LogP contribution in [0.1, 0.15) is 32.1 Å². The van der Waals surface area contributed by atoms with Gasteiger partial charge in [-0.15, -0.1) is 6.58 Å². The Bertz CT molecular complexity index is 1790. The van der Waals surface area contributed by atoms with Gasteiger partial charge in [0.25, 0.3) is 0 Å². The van der Waals surface area contributed by atoms with Crippen molar-refractivity contribution in [3.63, 3.8) is 0 Å². The van der Waals surface area contributed by atoms with Crippen molar-refractivity contribution in [1.29, 1.82) is 0 Å². The van der Waals surface area contributed by atoms with Crippen LogP contribution >= 0.6 is 22.9 Å². The smallest absolute Gasteiger partial charge is 0.319 e. The van der Waals surface area contributed by atoms with Gasteiger partial charge in [-0.05, 0) is 56.5 Å². The number of fused-ring (bicyclic) bond motifs is 5. The topological polar surface area (TPSA) is 92.4 Å². The Morgan fingerprint density at radius 3 is 2.95 bits per heavy atom. The lowest BCUT2D eigenvalue weighted by molar-refractivity contribution is 0.107. The van der Waals surface area contributed by atoms with Gasteiger partial charge in [-0.2, -0.15) is 9.97 Å². The van der Waals surface area contributed by atoms with Gasteiger partial charge in [0, 0.05) is 53.6 Å². The van der Waals surface area contributed by atoms with Gasteiger partial charge in [0.2, 0.25) is 0 Å². The predicted octanol–water partition coefficient (Wildman–Crippen LogP) is 5.73. The maximum Gasteiger partial charge on any atom is 0.319 e. The normalized spacial score (nSPS) is 28.7. The fraction of sp³-hybridized carbons (Fsp3) is 0.452. The van der Waals surface area contributed by atoms with Crippen molar-refractivity contribution >= 4 is 55.0 Å². The quantitative estimate of drug-likeness (QED) is 0.263. The fourth-order valence-corrected chi connectivity index (χ4v) is 8.81. The predicted molar refractivity (Wildman–Crippen MR) is 167 cm³/mol. The molecule has 43 heavy (non-hydrogen) atoms. The lowest BCUT2D eigenvalue weighted by Crippen LogP contribution is -2.58. The van der Waals surface area contributed by atoms with Crippen molar-refractivity contribution in [3.8, 4) is 17.1 Å². The minimum Gasteiger partial charge on any atom is -0.461 e. The van der Waals surface area contributed by atoms with Crippen molar-refractivity contribution in [1.82, 2.24) is 25.2 Å². The van der Waals surface area contributed by atoms with E-state index in [1.807, 2.05) is 18.2 Å². The van der Waals surface area contributed by atoms with E-state index in [0.29, 0.717) is 64.0 Å². The average Bonchev–Trinajstić information content (AvgIpc) is 3.73. The Labute approximate surface area is 256 Å². The second kappa shape index (κ2) is 9.95. The number of hydrogen-bond acceptors (Lipinski definition) is 9. The molecule has 4 unspecified atom stereocenters. The molecule has 2 bridgehead atoms. The number of nitrogens with two attached hydrogens (primary N) is 1. The van der Waals surface area contributed by atoms with Crippen molar-refractivity contribution in [2.24, 2.45) is 0 Å². The van der Waals surface area contributed by atoms with E-state index < -0.39 is 6.17 Å². The maximum atomic E-state index is 14.6. The zero-order valence-electron chi connectivity index (χ0n) is 23.6. The Morgan fingerprint density at radius 1 is 1.21 bits per heavy atom. The molecule has 0 aliphatic carbocycles. The third-order valence-electron chi connectivity index (χ3n) is 9.81.